The standard InChI is InChI=1S/C21H29N3O2/c1-2-13-24-21(26-15-20(25)23-24)11-9-16(10-12-21)7-8-17-14-22-19-6-4-3-5-18(17)19/h3-6,14,16,22H,2,7-13,15H2,1H3,(H,23,25). The second kappa shape index (κ2) is 7.41. The molecule has 5 nitrogen and oxygen atoms in total. The summed E-state index contributed by atoms with van der Waals surface area (Å²) in [5.74, 6) is 0.713. The highest BCUT2D eigenvalue weighted by molar-refractivity contribution is 5.83. The van der Waals surface area contributed by atoms with Crippen LogP contribution in [0.2, 0.25) is 0 Å². The van der Waals surface area contributed by atoms with Crippen molar-refractivity contribution < 1.29 is 9.53 Å². The van der Waals surface area contributed by atoms with Crippen LogP contribution in [-0.2, 0) is 16.0 Å². The minimum atomic E-state index is -0.277. The number of rotatable bonds is 5. The average Bonchev–Trinajstić information content (AvgIpc) is 3.08. The number of benzene rings is 1. The molecule has 1 aliphatic carbocycles. The average molecular weight is 355 g/mol. The first-order chi connectivity index (χ1) is 12.7. The van der Waals surface area contributed by atoms with E-state index in [2.05, 4.69) is 52.8 Å². The molecule has 2 aromatic rings. The van der Waals surface area contributed by atoms with Gasteiger partial charge in [0.25, 0.3) is 5.91 Å². The number of nitrogens with one attached hydrogen (secondary N) is 2. The Morgan fingerprint density at radius 1 is 1.27 bits per heavy atom. The summed E-state index contributed by atoms with van der Waals surface area (Å²) in [6.07, 6.45) is 9.86. The number of ether oxygens (including phenoxy) is 1. The molecule has 1 amide bonds. The summed E-state index contributed by atoms with van der Waals surface area (Å²) >= 11 is 0. The Balaban J connectivity index is 1.35. The molecule has 1 aliphatic heterocycles. The maximum atomic E-state index is 11.7. The van der Waals surface area contributed by atoms with Gasteiger partial charge >= 0.3 is 0 Å². The molecule has 1 saturated carbocycles. The van der Waals surface area contributed by atoms with E-state index in [1.54, 1.807) is 0 Å². The van der Waals surface area contributed by atoms with E-state index in [0.29, 0.717) is 0 Å². The van der Waals surface area contributed by atoms with Crippen molar-refractivity contribution in [3.8, 4) is 0 Å². The van der Waals surface area contributed by atoms with Gasteiger partial charge in [-0.1, -0.05) is 25.1 Å². The van der Waals surface area contributed by atoms with Crippen LogP contribution in [0.15, 0.2) is 30.5 Å². The molecule has 26 heavy (non-hydrogen) atoms. The van der Waals surface area contributed by atoms with Gasteiger partial charge in [-0.2, -0.15) is 5.01 Å². The zero-order valence-electron chi connectivity index (χ0n) is 15.6. The zero-order chi connectivity index (χ0) is 18.0. The fourth-order valence-electron chi connectivity index (χ4n) is 4.58. The van der Waals surface area contributed by atoms with Crippen LogP contribution >= 0.6 is 0 Å². The number of aromatic amines is 1. The minimum Gasteiger partial charge on any atom is -0.361 e. The third-order valence-electron chi connectivity index (χ3n) is 6.05. The number of carbonyl (C=O) groups excluding carboxylic acids is 1. The maximum Gasteiger partial charge on any atom is 0.260 e. The van der Waals surface area contributed by atoms with Crippen molar-refractivity contribution in [2.75, 3.05) is 13.2 Å². The van der Waals surface area contributed by atoms with Crippen LogP contribution < -0.4 is 5.43 Å². The third-order valence-corrected chi connectivity index (χ3v) is 6.05. The quantitative estimate of drug-likeness (QED) is 0.858. The third kappa shape index (κ3) is 3.38. The highest BCUT2D eigenvalue weighted by atomic mass is 16.5. The predicted molar refractivity (Wildman–Crippen MR) is 102 cm³/mol. The second-order valence-corrected chi connectivity index (χ2v) is 7.76. The summed E-state index contributed by atoms with van der Waals surface area (Å²) in [7, 11) is 0. The Kier molecular flexibility index (Phi) is 5.00. The van der Waals surface area contributed by atoms with Gasteiger partial charge < -0.3 is 9.72 Å². The number of H-pyrrole nitrogens is 1. The Bertz CT molecular complexity index is 761. The van der Waals surface area contributed by atoms with E-state index in [1.807, 2.05) is 0 Å². The molecule has 0 bridgehead atoms. The van der Waals surface area contributed by atoms with Crippen molar-refractivity contribution in [1.82, 2.24) is 15.4 Å². The van der Waals surface area contributed by atoms with E-state index in [0.717, 1.165) is 38.1 Å². The monoisotopic (exact) mass is 355 g/mol. The first kappa shape index (κ1) is 17.6. The summed E-state index contributed by atoms with van der Waals surface area (Å²) < 4.78 is 6.05. The molecule has 2 fully saturated rings. The summed E-state index contributed by atoms with van der Waals surface area (Å²) in [5, 5.41) is 3.42. The molecule has 0 unspecified atom stereocenters. The normalized spacial score (nSPS) is 27.1. The topological polar surface area (TPSA) is 57.4 Å². The van der Waals surface area contributed by atoms with Gasteiger partial charge in [-0.15, -0.1) is 0 Å². The van der Waals surface area contributed by atoms with Crippen molar-refractivity contribution in [3.63, 3.8) is 0 Å². The van der Waals surface area contributed by atoms with E-state index in [9.17, 15) is 4.79 Å². The molecule has 1 aromatic carbocycles. The number of para-hydroxylation sites is 1. The molecular formula is C21H29N3O2. The highest BCUT2D eigenvalue weighted by Gasteiger charge is 2.44. The maximum absolute atomic E-state index is 11.7. The number of nitrogens with zero attached hydrogens (tertiary/aromatic N) is 1. The van der Waals surface area contributed by atoms with E-state index in [-0.39, 0.29) is 18.2 Å². The fourth-order valence-corrected chi connectivity index (χ4v) is 4.58. The number of carbonyl (C=O) groups is 1. The minimum absolute atomic E-state index is 0.0227. The molecule has 2 aliphatic rings. The van der Waals surface area contributed by atoms with Crippen LogP contribution in [0.1, 0.15) is 51.0 Å². The lowest BCUT2D eigenvalue weighted by molar-refractivity contribution is -0.226. The molecule has 2 N–H and O–H groups in total. The molecule has 0 atom stereocenters. The van der Waals surface area contributed by atoms with Crippen molar-refractivity contribution >= 4 is 16.8 Å². The fraction of sp³-hybridized carbons (Fsp3) is 0.571. The first-order valence-electron chi connectivity index (χ1n) is 9.96. The molecule has 2 heterocycles. The summed E-state index contributed by atoms with van der Waals surface area (Å²) in [5.41, 5.74) is 5.41. The second-order valence-electron chi connectivity index (χ2n) is 7.76. The van der Waals surface area contributed by atoms with Gasteiger partial charge in [-0.25, -0.2) is 0 Å². The van der Waals surface area contributed by atoms with Gasteiger partial charge in [0.05, 0.1) is 0 Å². The van der Waals surface area contributed by atoms with Gasteiger partial charge in [0.1, 0.15) is 12.3 Å². The van der Waals surface area contributed by atoms with Crippen LogP contribution in [0.25, 0.3) is 10.9 Å². The number of aryl methyl sites for hydroxylation is 1. The van der Waals surface area contributed by atoms with E-state index >= 15 is 0 Å². The van der Waals surface area contributed by atoms with Gasteiger partial charge in [-0.3, -0.25) is 10.2 Å². The highest BCUT2D eigenvalue weighted by Crippen LogP contribution is 2.40. The molecular weight excluding hydrogens is 326 g/mol. The lowest BCUT2D eigenvalue weighted by atomic mass is 9.80. The van der Waals surface area contributed by atoms with Crippen LogP contribution in [0.4, 0.5) is 0 Å². The number of hydrogen-bond acceptors (Lipinski definition) is 3. The van der Waals surface area contributed by atoms with E-state index < -0.39 is 0 Å². The molecule has 5 heteroatoms. The Labute approximate surface area is 155 Å². The first-order valence-corrected chi connectivity index (χ1v) is 9.96. The number of amides is 1. The lowest BCUT2D eigenvalue weighted by Crippen LogP contribution is -2.65. The molecule has 140 valence electrons. The van der Waals surface area contributed by atoms with Gasteiger partial charge in [-0.05, 0) is 62.5 Å². The molecule has 1 aromatic heterocycles. The largest absolute Gasteiger partial charge is 0.361 e. The number of hydrogen-bond donors (Lipinski definition) is 2. The predicted octanol–water partition coefficient (Wildman–Crippen LogP) is 3.76. The van der Waals surface area contributed by atoms with Crippen molar-refractivity contribution in [1.29, 1.82) is 0 Å². The Hall–Kier alpha value is -1.85. The Morgan fingerprint density at radius 2 is 2.08 bits per heavy atom. The van der Waals surface area contributed by atoms with Crippen LogP contribution in [0.5, 0.6) is 0 Å². The molecule has 1 spiro atoms. The van der Waals surface area contributed by atoms with E-state index in [1.165, 1.54) is 35.7 Å². The summed E-state index contributed by atoms with van der Waals surface area (Å²) in [6, 6.07) is 8.54. The Morgan fingerprint density at radius 3 is 2.88 bits per heavy atom. The lowest BCUT2D eigenvalue weighted by Gasteiger charge is -2.49. The molecule has 0 radical (unpaired) electrons. The van der Waals surface area contributed by atoms with Crippen molar-refractivity contribution in [3.05, 3.63) is 36.0 Å². The van der Waals surface area contributed by atoms with Crippen molar-refractivity contribution in [2.24, 2.45) is 5.92 Å². The number of aromatic nitrogens is 1. The number of fused-ring (bicyclic) bond motifs is 1. The smallest absolute Gasteiger partial charge is 0.260 e. The van der Waals surface area contributed by atoms with Crippen LogP contribution in [0, 0.1) is 5.92 Å². The van der Waals surface area contributed by atoms with Gasteiger partial charge in [0.2, 0.25) is 0 Å². The van der Waals surface area contributed by atoms with Crippen LogP contribution in [0.3, 0.4) is 0 Å². The van der Waals surface area contributed by atoms with Gasteiger partial charge in [0, 0.05) is 23.6 Å². The van der Waals surface area contributed by atoms with Gasteiger partial charge in [0.15, 0.2) is 0 Å². The zero-order valence-corrected chi connectivity index (χ0v) is 15.6. The number of hydrazine groups is 1. The van der Waals surface area contributed by atoms with Crippen LogP contribution in [-0.4, -0.2) is 34.8 Å². The summed E-state index contributed by atoms with van der Waals surface area (Å²) in [6.45, 7) is 3.19. The summed E-state index contributed by atoms with van der Waals surface area (Å²) in [4.78, 5) is 15.1. The van der Waals surface area contributed by atoms with Crippen molar-refractivity contribution in [2.45, 2.75) is 57.6 Å². The van der Waals surface area contributed by atoms with E-state index in [4.69, 9.17) is 4.74 Å². The molecule has 1 saturated heterocycles. The SMILES string of the molecule is CCCN1NC(=O)COC12CCC(CCc1c[nH]c3ccccc13)CC2. The molecule has 4 rings (SSSR count).